The Morgan fingerprint density at radius 3 is 2.03 bits per heavy atom. The summed E-state index contributed by atoms with van der Waals surface area (Å²) < 4.78 is 53.8. The molecule has 5 rings (SSSR count). The number of piperidine rings is 1. The number of likely N-dealkylation sites (tertiary alicyclic amines) is 1. The molecule has 1 atom stereocenters. The summed E-state index contributed by atoms with van der Waals surface area (Å²) in [5.41, 5.74) is 2.18. The van der Waals surface area contributed by atoms with Gasteiger partial charge in [-0.1, -0.05) is 50.2 Å². The van der Waals surface area contributed by atoms with Gasteiger partial charge in [0.05, 0.1) is 17.0 Å². The molecule has 1 unspecified atom stereocenters. The number of benzene rings is 3. The fourth-order valence-electron chi connectivity index (χ4n) is 5.55. The molecule has 2 fully saturated rings. The van der Waals surface area contributed by atoms with Crippen molar-refractivity contribution >= 4 is 5.97 Å². The molecule has 7 heteroatoms. The molecule has 0 amide bonds. The van der Waals surface area contributed by atoms with Crippen molar-refractivity contribution in [2.45, 2.75) is 57.2 Å². The number of carboxylic acids is 1. The average molecular weight is 526 g/mol. The van der Waals surface area contributed by atoms with Crippen LogP contribution in [0.2, 0.25) is 0 Å². The third-order valence-electron chi connectivity index (χ3n) is 8.29. The largest absolute Gasteiger partial charge is 0.481 e. The maximum Gasteiger partial charge on any atom is 0.416 e. The summed E-state index contributed by atoms with van der Waals surface area (Å²) in [5.74, 6) is -1.24. The molecule has 1 heterocycles. The molecule has 3 aromatic rings. The van der Waals surface area contributed by atoms with Crippen LogP contribution in [0.3, 0.4) is 0 Å². The van der Waals surface area contributed by atoms with Gasteiger partial charge in [0.25, 0.3) is 0 Å². The summed E-state index contributed by atoms with van der Waals surface area (Å²) in [6, 6.07) is 16.7. The molecule has 0 aromatic heterocycles. The first-order valence-electron chi connectivity index (χ1n) is 12.9. The number of halogens is 4. The number of carboxylic acid groups (broad SMARTS) is 1. The first-order valence-corrected chi connectivity index (χ1v) is 12.9. The smallest absolute Gasteiger partial charge is 0.416 e. The van der Waals surface area contributed by atoms with Crippen molar-refractivity contribution in [1.82, 2.24) is 4.90 Å². The molecule has 200 valence electrons. The summed E-state index contributed by atoms with van der Waals surface area (Å²) >= 11 is 0. The van der Waals surface area contributed by atoms with E-state index >= 15 is 0 Å². The lowest BCUT2D eigenvalue weighted by Crippen LogP contribution is -2.40. The van der Waals surface area contributed by atoms with Gasteiger partial charge in [-0.2, -0.15) is 13.2 Å². The number of alkyl halides is 3. The number of carbonyl (C=O) groups is 1. The summed E-state index contributed by atoms with van der Waals surface area (Å²) in [6.45, 7) is 6.09. The number of hydrogen-bond donors (Lipinski definition) is 1. The van der Waals surface area contributed by atoms with E-state index < -0.39 is 23.1 Å². The van der Waals surface area contributed by atoms with Crippen molar-refractivity contribution in [3.63, 3.8) is 0 Å². The first kappa shape index (κ1) is 26.4. The summed E-state index contributed by atoms with van der Waals surface area (Å²) in [5, 5.41) is 9.91. The molecule has 38 heavy (non-hydrogen) atoms. The Morgan fingerprint density at radius 2 is 1.50 bits per heavy atom. The summed E-state index contributed by atoms with van der Waals surface area (Å²) in [6.07, 6.45) is -1.46. The van der Waals surface area contributed by atoms with Crippen LogP contribution in [-0.2, 0) is 16.4 Å². The van der Waals surface area contributed by atoms with E-state index in [1.807, 2.05) is 18.2 Å². The Bertz CT molecular complexity index is 1320. The van der Waals surface area contributed by atoms with Gasteiger partial charge in [-0.15, -0.1) is 0 Å². The van der Waals surface area contributed by atoms with Gasteiger partial charge in [0, 0.05) is 0 Å². The standard InChI is InChI=1S/C31H31F4NO2/c1-29(2)15-17-36(18-16-29)27(21-5-10-24(32)11-6-21)25-12-9-23(30(13-14-30)28(37)38)19-26(25)20-3-7-22(8-4-20)31(33,34)35/h3-12,19,27H,13-18H2,1-2H3,(H,37,38). The van der Waals surface area contributed by atoms with E-state index in [2.05, 4.69) is 18.7 Å². The van der Waals surface area contributed by atoms with Gasteiger partial charge in [0.2, 0.25) is 0 Å². The highest BCUT2D eigenvalue weighted by Gasteiger charge is 2.52. The van der Waals surface area contributed by atoms with Crippen LogP contribution in [0.25, 0.3) is 11.1 Å². The van der Waals surface area contributed by atoms with Crippen molar-refractivity contribution < 1.29 is 27.5 Å². The average Bonchev–Trinajstić information content (AvgIpc) is 3.68. The highest BCUT2D eigenvalue weighted by molar-refractivity contribution is 5.86. The van der Waals surface area contributed by atoms with Crippen molar-refractivity contribution in [1.29, 1.82) is 0 Å². The zero-order valence-electron chi connectivity index (χ0n) is 21.5. The molecule has 1 saturated heterocycles. The second-order valence-electron chi connectivity index (χ2n) is 11.4. The van der Waals surface area contributed by atoms with Crippen LogP contribution in [0.5, 0.6) is 0 Å². The van der Waals surface area contributed by atoms with Crippen LogP contribution in [0, 0.1) is 11.2 Å². The van der Waals surface area contributed by atoms with Gasteiger partial charge in [-0.25, -0.2) is 4.39 Å². The van der Waals surface area contributed by atoms with Crippen LogP contribution in [0.1, 0.15) is 67.8 Å². The van der Waals surface area contributed by atoms with Crippen LogP contribution in [0.15, 0.2) is 66.7 Å². The van der Waals surface area contributed by atoms with Gasteiger partial charge in [-0.3, -0.25) is 9.69 Å². The minimum Gasteiger partial charge on any atom is -0.481 e. The van der Waals surface area contributed by atoms with E-state index in [0.29, 0.717) is 29.5 Å². The lowest BCUT2D eigenvalue weighted by molar-refractivity contribution is -0.140. The molecule has 3 nitrogen and oxygen atoms in total. The Kier molecular flexibility index (Phi) is 6.62. The van der Waals surface area contributed by atoms with Gasteiger partial charge in [0.15, 0.2) is 0 Å². The van der Waals surface area contributed by atoms with E-state index in [1.54, 1.807) is 12.1 Å². The SMILES string of the molecule is CC1(C)CCN(C(c2ccc(F)cc2)c2ccc(C3(C(=O)O)CC3)cc2-c2ccc(C(F)(F)F)cc2)CC1. The first-order chi connectivity index (χ1) is 17.9. The molecule has 2 aliphatic rings. The number of aliphatic carboxylic acids is 1. The second-order valence-corrected chi connectivity index (χ2v) is 11.4. The second kappa shape index (κ2) is 9.53. The monoisotopic (exact) mass is 525 g/mol. The van der Waals surface area contributed by atoms with Gasteiger partial charge >= 0.3 is 12.1 Å². The van der Waals surface area contributed by atoms with E-state index in [1.165, 1.54) is 24.3 Å². The molecule has 0 spiro atoms. The van der Waals surface area contributed by atoms with Crippen LogP contribution < -0.4 is 0 Å². The zero-order chi connectivity index (χ0) is 27.3. The maximum absolute atomic E-state index is 13.9. The summed E-state index contributed by atoms with van der Waals surface area (Å²) in [7, 11) is 0. The molecule has 3 aromatic carbocycles. The van der Waals surface area contributed by atoms with E-state index in [-0.39, 0.29) is 17.3 Å². The molecular weight excluding hydrogens is 494 g/mol. The minimum atomic E-state index is -4.46. The lowest BCUT2D eigenvalue weighted by atomic mass is 9.80. The molecular formula is C31H31F4NO2. The molecule has 1 aliphatic heterocycles. The topological polar surface area (TPSA) is 40.5 Å². The van der Waals surface area contributed by atoms with E-state index in [9.17, 15) is 27.5 Å². The maximum atomic E-state index is 13.9. The Hall–Kier alpha value is -3.19. The minimum absolute atomic E-state index is 0.198. The normalized spacial score (nSPS) is 19.6. The van der Waals surface area contributed by atoms with Crippen molar-refractivity contribution in [3.05, 3.63) is 94.8 Å². The van der Waals surface area contributed by atoms with Crippen LogP contribution in [-0.4, -0.2) is 29.1 Å². The quantitative estimate of drug-likeness (QED) is 0.333. The molecule has 1 saturated carbocycles. The third-order valence-corrected chi connectivity index (χ3v) is 8.29. The highest BCUT2D eigenvalue weighted by Crippen LogP contribution is 2.50. The Morgan fingerprint density at radius 1 is 0.895 bits per heavy atom. The van der Waals surface area contributed by atoms with Crippen LogP contribution >= 0.6 is 0 Å². The zero-order valence-corrected chi connectivity index (χ0v) is 21.5. The van der Waals surface area contributed by atoms with Gasteiger partial charge in [-0.05, 0) is 102 Å². The highest BCUT2D eigenvalue weighted by atomic mass is 19.4. The predicted octanol–water partition coefficient (Wildman–Crippen LogP) is 7.84. The fraction of sp³-hybridized carbons (Fsp3) is 0.387. The summed E-state index contributed by atoms with van der Waals surface area (Å²) in [4.78, 5) is 14.4. The molecule has 1 aliphatic carbocycles. The Balaban J connectivity index is 1.66. The lowest BCUT2D eigenvalue weighted by Gasteiger charge is -2.42. The number of hydrogen-bond acceptors (Lipinski definition) is 2. The third kappa shape index (κ3) is 5.08. The van der Waals surface area contributed by atoms with Crippen molar-refractivity contribution in [3.8, 4) is 11.1 Å². The fourth-order valence-corrected chi connectivity index (χ4v) is 5.55. The van der Waals surface area contributed by atoms with Gasteiger partial charge < -0.3 is 5.11 Å². The Labute approximate surface area is 220 Å². The van der Waals surface area contributed by atoms with Crippen molar-refractivity contribution in [2.75, 3.05) is 13.1 Å². The molecule has 0 bridgehead atoms. The van der Waals surface area contributed by atoms with Gasteiger partial charge in [0.1, 0.15) is 5.82 Å². The predicted molar refractivity (Wildman–Crippen MR) is 138 cm³/mol. The number of rotatable bonds is 6. The number of nitrogens with zero attached hydrogens (tertiary/aromatic N) is 1. The van der Waals surface area contributed by atoms with E-state index in [4.69, 9.17) is 0 Å². The van der Waals surface area contributed by atoms with Crippen LogP contribution in [0.4, 0.5) is 17.6 Å². The molecule has 1 N–H and O–H groups in total. The van der Waals surface area contributed by atoms with Crippen molar-refractivity contribution in [2.24, 2.45) is 5.41 Å². The molecule has 0 radical (unpaired) electrons. The van der Waals surface area contributed by atoms with E-state index in [0.717, 1.165) is 49.2 Å².